The van der Waals surface area contributed by atoms with Crippen LogP contribution in [0.5, 0.6) is 5.75 Å². The van der Waals surface area contributed by atoms with E-state index < -0.39 is 29.5 Å². The van der Waals surface area contributed by atoms with Gasteiger partial charge in [0.25, 0.3) is 0 Å². The quantitative estimate of drug-likeness (QED) is 0.463. The van der Waals surface area contributed by atoms with Gasteiger partial charge in [0.2, 0.25) is 0 Å². The highest BCUT2D eigenvalue weighted by Crippen LogP contribution is 2.44. The molecule has 2 fully saturated rings. The molecule has 2 aromatic rings. The average Bonchev–Trinajstić information content (AvgIpc) is 3.45. The van der Waals surface area contributed by atoms with Gasteiger partial charge in [-0.15, -0.1) is 0 Å². The second-order valence-corrected chi connectivity index (χ2v) is 10.8. The number of hydrogen-bond donors (Lipinski definition) is 0. The first-order valence-electron chi connectivity index (χ1n) is 12.5. The molecule has 2 aromatic carbocycles. The van der Waals surface area contributed by atoms with Crippen LogP contribution in [0.2, 0.25) is 0 Å². The van der Waals surface area contributed by atoms with Gasteiger partial charge in [-0.3, -0.25) is 9.69 Å². The summed E-state index contributed by atoms with van der Waals surface area (Å²) >= 11 is 0. The molecule has 0 N–H and O–H groups in total. The zero-order valence-electron chi connectivity index (χ0n) is 21.1. The molecule has 1 saturated carbocycles. The van der Waals surface area contributed by atoms with Crippen molar-refractivity contribution in [2.24, 2.45) is 11.8 Å². The third-order valence-electron chi connectivity index (χ3n) is 6.89. The summed E-state index contributed by atoms with van der Waals surface area (Å²) in [7, 11) is 0. The maximum Gasteiger partial charge on any atom is 0.411 e. The number of rotatable bonds is 8. The Hall–Kier alpha value is -3.40. The molecule has 1 saturated heterocycles. The second kappa shape index (κ2) is 10.7. The third-order valence-corrected chi connectivity index (χ3v) is 6.89. The molecule has 1 amide bonds. The fourth-order valence-electron chi connectivity index (χ4n) is 5.30. The molecule has 7 heteroatoms. The Kier molecular flexibility index (Phi) is 7.63. The van der Waals surface area contributed by atoms with Crippen molar-refractivity contribution < 1.29 is 23.5 Å². The van der Waals surface area contributed by atoms with E-state index in [4.69, 9.17) is 9.47 Å². The third kappa shape index (κ3) is 6.04. The van der Waals surface area contributed by atoms with Crippen molar-refractivity contribution in [1.82, 2.24) is 4.90 Å². The smallest absolute Gasteiger partial charge is 0.411 e. The Morgan fingerprint density at radius 2 is 1.92 bits per heavy atom. The molecule has 0 spiro atoms. The summed E-state index contributed by atoms with van der Waals surface area (Å²) in [5.41, 5.74) is 0.681. The van der Waals surface area contributed by atoms with E-state index in [1.807, 2.05) is 30.3 Å². The highest BCUT2D eigenvalue weighted by atomic mass is 19.1. The van der Waals surface area contributed by atoms with Crippen molar-refractivity contribution in [2.75, 3.05) is 0 Å². The molecule has 2 aliphatic rings. The van der Waals surface area contributed by atoms with Gasteiger partial charge in [0.15, 0.2) is 5.78 Å². The predicted molar refractivity (Wildman–Crippen MR) is 133 cm³/mol. The summed E-state index contributed by atoms with van der Waals surface area (Å²) in [5, 5.41) is 9.74. The number of amides is 1. The van der Waals surface area contributed by atoms with E-state index in [0.717, 1.165) is 24.8 Å². The second-order valence-electron chi connectivity index (χ2n) is 10.8. The number of carbonyl (C=O) groups is 2. The number of likely N-dealkylation sites (tertiary alicyclic amines) is 1. The van der Waals surface area contributed by atoms with Crippen molar-refractivity contribution >= 4 is 11.9 Å². The summed E-state index contributed by atoms with van der Waals surface area (Å²) in [6, 6.07) is 15.8. The number of piperidine rings is 1. The highest BCUT2D eigenvalue weighted by molar-refractivity contribution is 5.89. The van der Waals surface area contributed by atoms with Crippen LogP contribution in [0.25, 0.3) is 0 Å². The molecule has 190 valence electrons. The van der Waals surface area contributed by atoms with E-state index in [1.165, 1.54) is 6.07 Å². The number of fused-ring (bicyclic) bond motifs is 2. The van der Waals surface area contributed by atoms with E-state index in [2.05, 4.69) is 6.07 Å². The van der Waals surface area contributed by atoms with Crippen LogP contribution in [0.1, 0.15) is 57.6 Å². The Labute approximate surface area is 212 Å². The number of halogens is 1. The Bertz CT molecular complexity index is 1140. The Morgan fingerprint density at radius 1 is 1.17 bits per heavy atom. The minimum absolute atomic E-state index is 0.000195. The van der Waals surface area contributed by atoms with Crippen LogP contribution in [-0.4, -0.2) is 34.5 Å². The topological polar surface area (TPSA) is 79.6 Å². The lowest BCUT2D eigenvalue weighted by molar-refractivity contribution is -0.126. The van der Waals surface area contributed by atoms with E-state index in [-0.39, 0.29) is 30.6 Å². The average molecular weight is 493 g/mol. The van der Waals surface area contributed by atoms with Crippen LogP contribution in [0.15, 0.2) is 48.5 Å². The van der Waals surface area contributed by atoms with Gasteiger partial charge in [-0.2, -0.15) is 5.26 Å². The molecule has 4 atom stereocenters. The molecule has 36 heavy (non-hydrogen) atoms. The lowest BCUT2D eigenvalue weighted by Crippen LogP contribution is -2.51. The molecule has 6 nitrogen and oxygen atoms in total. The SMILES string of the molecule is CC(C)(C)OC(=O)N1[C@@H]2CC[C@@H](C2)[C@H]1C(=O)C[C@H](C#N)Cc1ccc(OCc2ccccc2)cc1F. The molecule has 0 unspecified atom stereocenters. The summed E-state index contributed by atoms with van der Waals surface area (Å²) in [6.07, 6.45) is 2.14. The van der Waals surface area contributed by atoms with Gasteiger partial charge in [-0.25, -0.2) is 9.18 Å². The summed E-state index contributed by atoms with van der Waals surface area (Å²) in [5.74, 6) is -0.819. The molecule has 4 rings (SSSR count). The first-order chi connectivity index (χ1) is 17.1. The van der Waals surface area contributed by atoms with Gasteiger partial charge in [-0.05, 0) is 69.6 Å². The maximum absolute atomic E-state index is 14.8. The van der Waals surface area contributed by atoms with Crippen LogP contribution >= 0.6 is 0 Å². The van der Waals surface area contributed by atoms with Gasteiger partial charge >= 0.3 is 6.09 Å². The first kappa shape index (κ1) is 25.7. The molecule has 1 aliphatic carbocycles. The van der Waals surface area contributed by atoms with Gasteiger partial charge in [0.1, 0.15) is 23.8 Å². The number of Topliss-reactive ketones (excluding diaryl/α,β-unsaturated/α-hetero) is 1. The van der Waals surface area contributed by atoms with Crippen LogP contribution in [-0.2, 0) is 22.6 Å². The number of hydrogen-bond acceptors (Lipinski definition) is 5. The monoisotopic (exact) mass is 492 g/mol. The van der Waals surface area contributed by atoms with E-state index in [1.54, 1.807) is 37.8 Å². The molecule has 2 bridgehead atoms. The van der Waals surface area contributed by atoms with Gasteiger partial charge < -0.3 is 9.47 Å². The normalized spacial score (nSPS) is 21.6. The Morgan fingerprint density at radius 3 is 2.58 bits per heavy atom. The fraction of sp³-hybridized carbons (Fsp3) is 0.483. The van der Waals surface area contributed by atoms with Crippen molar-refractivity contribution in [1.29, 1.82) is 5.26 Å². The maximum atomic E-state index is 14.8. The lowest BCUT2D eigenvalue weighted by Gasteiger charge is -2.35. The minimum Gasteiger partial charge on any atom is -0.489 e. The van der Waals surface area contributed by atoms with Crippen molar-refractivity contribution in [3.05, 3.63) is 65.5 Å². The zero-order valence-corrected chi connectivity index (χ0v) is 21.1. The number of ether oxygens (including phenoxy) is 2. The van der Waals surface area contributed by atoms with E-state index in [9.17, 15) is 19.2 Å². The highest BCUT2D eigenvalue weighted by Gasteiger charge is 2.52. The van der Waals surface area contributed by atoms with Crippen LogP contribution in [0, 0.1) is 29.0 Å². The lowest BCUT2D eigenvalue weighted by atomic mass is 9.88. The van der Waals surface area contributed by atoms with Gasteiger partial charge in [0, 0.05) is 18.5 Å². The van der Waals surface area contributed by atoms with Crippen molar-refractivity contribution in [2.45, 2.75) is 77.2 Å². The zero-order chi connectivity index (χ0) is 25.9. The molecule has 0 aromatic heterocycles. The number of ketones is 1. The summed E-state index contributed by atoms with van der Waals surface area (Å²) in [4.78, 5) is 27.8. The molecule has 0 radical (unpaired) electrons. The molecule has 1 aliphatic heterocycles. The van der Waals surface area contributed by atoms with E-state index >= 15 is 0 Å². The molecular formula is C29H33FN2O4. The first-order valence-corrected chi connectivity index (χ1v) is 12.5. The molecular weight excluding hydrogens is 459 g/mol. The Balaban J connectivity index is 1.39. The number of benzene rings is 2. The van der Waals surface area contributed by atoms with Crippen LogP contribution in [0.3, 0.4) is 0 Å². The number of nitriles is 1. The van der Waals surface area contributed by atoms with Crippen LogP contribution < -0.4 is 4.74 Å². The summed E-state index contributed by atoms with van der Waals surface area (Å²) < 4.78 is 26.1. The fourth-order valence-corrected chi connectivity index (χ4v) is 5.30. The number of nitrogens with zero attached hydrogens (tertiary/aromatic N) is 2. The van der Waals surface area contributed by atoms with Crippen LogP contribution in [0.4, 0.5) is 9.18 Å². The minimum atomic E-state index is -0.692. The van der Waals surface area contributed by atoms with Gasteiger partial charge in [0.05, 0.1) is 18.0 Å². The van der Waals surface area contributed by atoms with Gasteiger partial charge in [-0.1, -0.05) is 36.4 Å². The largest absolute Gasteiger partial charge is 0.489 e. The van der Waals surface area contributed by atoms with Crippen molar-refractivity contribution in [3.8, 4) is 11.8 Å². The standard InChI is InChI=1S/C29H33FN2O4/c1-29(2,3)36-28(34)32-23-11-9-22(15-23)27(32)26(33)14-20(17-31)13-21-10-12-24(16-25(21)30)35-18-19-7-5-4-6-8-19/h4-8,10,12,16,20,22-23,27H,9,11,13-15,18H2,1-3H3/t20-,22+,23-,27+/m1/s1. The number of carbonyl (C=O) groups excluding carboxylic acids is 2. The van der Waals surface area contributed by atoms with Crippen molar-refractivity contribution in [3.63, 3.8) is 0 Å². The van der Waals surface area contributed by atoms with E-state index in [0.29, 0.717) is 17.9 Å². The summed E-state index contributed by atoms with van der Waals surface area (Å²) in [6.45, 7) is 5.73. The molecule has 1 heterocycles. The predicted octanol–water partition coefficient (Wildman–Crippen LogP) is 5.83.